The molecular formula is C16H15F3N2S. The van der Waals surface area contributed by atoms with Crippen LogP contribution < -0.4 is 10.6 Å². The van der Waals surface area contributed by atoms with Crippen LogP contribution in [0, 0.1) is 6.92 Å². The van der Waals surface area contributed by atoms with Crippen LogP contribution in [0.15, 0.2) is 48.5 Å². The number of nitrogens with one attached hydrogen (secondary N) is 2. The van der Waals surface area contributed by atoms with E-state index >= 15 is 0 Å². The minimum Gasteiger partial charge on any atom is -0.358 e. The molecule has 0 unspecified atom stereocenters. The molecule has 2 nitrogen and oxygen atoms in total. The summed E-state index contributed by atoms with van der Waals surface area (Å²) in [6, 6.07) is 12.8. The van der Waals surface area contributed by atoms with E-state index in [1.165, 1.54) is 12.1 Å². The molecule has 116 valence electrons. The molecular weight excluding hydrogens is 309 g/mol. The molecule has 0 saturated carbocycles. The van der Waals surface area contributed by atoms with Gasteiger partial charge in [0.25, 0.3) is 0 Å². The van der Waals surface area contributed by atoms with E-state index in [0.29, 0.717) is 12.2 Å². The lowest BCUT2D eigenvalue weighted by Crippen LogP contribution is -2.28. The van der Waals surface area contributed by atoms with Gasteiger partial charge in [0.2, 0.25) is 0 Å². The highest BCUT2D eigenvalue weighted by molar-refractivity contribution is 7.80. The van der Waals surface area contributed by atoms with Gasteiger partial charge in [-0.05, 0) is 48.5 Å². The smallest absolute Gasteiger partial charge is 0.358 e. The Balaban J connectivity index is 1.97. The molecule has 0 spiro atoms. The molecule has 0 amide bonds. The molecule has 22 heavy (non-hydrogen) atoms. The molecule has 0 radical (unpaired) electrons. The Morgan fingerprint density at radius 1 is 1.09 bits per heavy atom. The molecule has 0 aromatic heterocycles. The fourth-order valence-corrected chi connectivity index (χ4v) is 2.12. The number of rotatable bonds is 3. The van der Waals surface area contributed by atoms with Gasteiger partial charge < -0.3 is 10.6 Å². The zero-order valence-corrected chi connectivity index (χ0v) is 12.7. The van der Waals surface area contributed by atoms with Crippen LogP contribution in [-0.4, -0.2) is 5.11 Å². The lowest BCUT2D eigenvalue weighted by atomic mass is 10.1. The van der Waals surface area contributed by atoms with Crippen molar-refractivity contribution < 1.29 is 13.2 Å². The van der Waals surface area contributed by atoms with Gasteiger partial charge in [-0.1, -0.05) is 30.3 Å². The monoisotopic (exact) mass is 324 g/mol. The first kappa shape index (κ1) is 16.3. The number of benzene rings is 2. The van der Waals surface area contributed by atoms with E-state index in [1.807, 2.05) is 31.2 Å². The van der Waals surface area contributed by atoms with E-state index in [0.717, 1.165) is 23.3 Å². The van der Waals surface area contributed by atoms with Crippen LogP contribution in [0.2, 0.25) is 0 Å². The standard InChI is InChI=1S/C16H15F3N2S/c1-11-5-2-3-6-12(11)10-20-15(22)21-14-8-4-7-13(9-14)16(17,18)19/h2-9H,10H2,1H3,(H2,20,21,22). The van der Waals surface area contributed by atoms with Crippen molar-refractivity contribution in [2.24, 2.45) is 0 Å². The van der Waals surface area contributed by atoms with Gasteiger partial charge in [-0.25, -0.2) is 0 Å². The third-order valence-electron chi connectivity index (χ3n) is 3.15. The second-order valence-electron chi connectivity index (χ2n) is 4.81. The topological polar surface area (TPSA) is 24.1 Å². The molecule has 2 N–H and O–H groups in total. The lowest BCUT2D eigenvalue weighted by Gasteiger charge is -2.13. The fraction of sp³-hybridized carbons (Fsp3) is 0.188. The highest BCUT2D eigenvalue weighted by atomic mass is 32.1. The van der Waals surface area contributed by atoms with E-state index < -0.39 is 11.7 Å². The third kappa shape index (κ3) is 4.46. The Bertz CT molecular complexity index is 668. The van der Waals surface area contributed by atoms with Crippen LogP contribution in [0.5, 0.6) is 0 Å². The average Bonchev–Trinajstić information content (AvgIpc) is 2.46. The Morgan fingerprint density at radius 3 is 2.50 bits per heavy atom. The van der Waals surface area contributed by atoms with Gasteiger partial charge in [-0.15, -0.1) is 0 Å². The first-order chi connectivity index (χ1) is 10.4. The van der Waals surface area contributed by atoms with Gasteiger partial charge in [0.1, 0.15) is 0 Å². The van der Waals surface area contributed by atoms with Gasteiger partial charge in [-0.3, -0.25) is 0 Å². The molecule has 0 heterocycles. The normalized spacial score (nSPS) is 11.1. The van der Waals surface area contributed by atoms with Crippen LogP contribution in [0.4, 0.5) is 18.9 Å². The number of aryl methyl sites for hydroxylation is 1. The number of halogens is 3. The second-order valence-corrected chi connectivity index (χ2v) is 5.22. The van der Waals surface area contributed by atoms with Crippen molar-refractivity contribution in [2.45, 2.75) is 19.6 Å². The highest BCUT2D eigenvalue weighted by Crippen LogP contribution is 2.30. The predicted molar refractivity (Wildman–Crippen MR) is 85.7 cm³/mol. The largest absolute Gasteiger partial charge is 0.416 e. The van der Waals surface area contributed by atoms with E-state index in [1.54, 1.807) is 0 Å². The Labute approximate surface area is 132 Å². The number of alkyl halides is 3. The molecule has 2 aromatic carbocycles. The summed E-state index contributed by atoms with van der Waals surface area (Å²) < 4.78 is 37.9. The van der Waals surface area contributed by atoms with Crippen molar-refractivity contribution in [1.29, 1.82) is 0 Å². The van der Waals surface area contributed by atoms with Gasteiger partial charge in [0.15, 0.2) is 5.11 Å². The van der Waals surface area contributed by atoms with Crippen LogP contribution in [0.3, 0.4) is 0 Å². The average molecular weight is 324 g/mol. The van der Waals surface area contributed by atoms with Crippen molar-refractivity contribution in [3.05, 3.63) is 65.2 Å². The SMILES string of the molecule is Cc1ccccc1CNC(=S)Nc1cccc(C(F)(F)F)c1. The zero-order valence-electron chi connectivity index (χ0n) is 11.9. The maximum Gasteiger partial charge on any atom is 0.416 e. The molecule has 0 bridgehead atoms. The molecule has 6 heteroatoms. The molecule has 0 aliphatic heterocycles. The van der Waals surface area contributed by atoms with Crippen molar-refractivity contribution in [3.63, 3.8) is 0 Å². The maximum absolute atomic E-state index is 12.6. The maximum atomic E-state index is 12.6. The van der Waals surface area contributed by atoms with E-state index in [-0.39, 0.29) is 5.11 Å². The summed E-state index contributed by atoms with van der Waals surface area (Å²) in [5.41, 5.74) is 1.80. The Hall–Kier alpha value is -2.08. The van der Waals surface area contributed by atoms with Crippen molar-refractivity contribution in [1.82, 2.24) is 5.32 Å². The van der Waals surface area contributed by atoms with E-state index in [4.69, 9.17) is 12.2 Å². The first-order valence-electron chi connectivity index (χ1n) is 6.63. The Kier molecular flexibility index (Phi) is 5.03. The second kappa shape index (κ2) is 6.79. The molecule has 0 aliphatic rings. The van der Waals surface area contributed by atoms with Crippen molar-refractivity contribution in [2.75, 3.05) is 5.32 Å². The molecule has 0 aliphatic carbocycles. The first-order valence-corrected chi connectivity index (χ1v) is 7.04. The predicted octanol–water partition coefficient (Wildman–Crippen LogP) is 4.50. The number of hydrogen-bond acceptors (Lipinski definition) is 1. The summed E-state index contributed by atoms with van der Waals surface area (Å²) in [7, 11) is 0. The van der Waals surface area contributed by atoms with Crippen LogP contribution >= 0.6 is 12.2 Å². The van der Waals surface area contributed by atoms with Crippen molar-refractivity contribution in [3.8, 4) is 0 Å². The van der Waals surface area contributed by atoms with Crippen molar-refractivity contribution >= 4 is 23.0 Å². The molecule has 0 saturated heterocycles. The summed E-state index contributed by atoms with van der Waals surface area (Å²) in [5, 5.41) is 6.03. The number of thiocarbonyl (C=S) groups is 1. The minimum absolute atomic E-state index is 0.280. The summed E-state index contributed by atoms with van der Waals surface area (Å²) in [6.45, 7) is 2.50. The summed E-state index contributed by atoms with van der Waals surface area (Å²) in [5.74, 6) is 0. The van der Waals surface area contributed by atoms with Gasteiger partial charge in [0, 0.05) is 12.2 Å². The third-order valence-corrected chi connectivity index (χ3v) is 3.39. The highest BCUT2D eigenvalue weighted by Gasteiger charge is 2.30. The Morgan fingerprint density at radius 2 is 1.82 bits per heavy atom. The quantitative estimate of drug-likeness (QED) is 0.813. The minimum atomic E-state index is -4.37. The summed E-state index contributed by atoms with van der Waals surface area (Å²) in [6.07, 6.45) is -4.37. The van der Waals surface area contributed by atoms with Gasteiger partial charge in [-0.2, -0.15) is 13.2 Å². The summed E-state index contributed by atoms with van der Waals surface area (Å²) in [4.78, 5) is 0. The molecule has 2 rings (SSSR count). The van der Waals surface area contributed by atoms with Crippen LogP contribution in [0.25, 0.3) is 0 Å². The van der Waals surface area contributed by atoms with Gasteiger partial charge in [0.05, 0.1) is 5.56 Å². The fourth-order valence-electron chi connectivity index (χ4n) is 1.93. The number of anilines is 1. The lowest BCUT2D eigenvalue weighted by molar-refractivity contribution is -0.137. The summed E-state index contributed by atoms with van der Waals surface area (Å²) >= 11 is 5.11. The molecule has 0 fully saturated rings. The number of hydrogen-bond donors (Lipinski definition) is 2. The molecule has 0 atom stereocenters. The van der Waals surface area contributed by atoms with Gasteiger partial charge >= 0.3 is 6.18 Å². The zero-order chi connectivity index (χ0) is 16.2. The van der Waals surface area contributed by atoms with E-state index in [2.05, 4.69) is 10.6 Å². The van der Waals surface area contributed by atoms with E-state index in [9.17, 15) is 13.2 Å². The van der Waals surface area contributed by atoms with Crippen LogP contribution in [0.1, 0.15) is 16.7 Å². The molecule has 2 aromatic rings. The van der Waals surface area contributed by atoms with Crippen LogP contribution in [-0.2, 0) is 12.7 Å².